The molecule has 1 aliphatic rings. The lowest BCUT2D eigenvalue weighted by molar-refractivity contribution is -0.143. The highest BCUT2D eigenvalue weighted by Crippen LogP contribution is 2.37. The number of carbonyl (C=O) groups excluding carboxylic acids is 1. The Morgan fingerprint density at radius 3 is 2.59 bits per heavy atom. The highest BCUT2D eigenvalue weighted by Gasteiger charge is 2.35. The summed E-state index contributed by atoms with van der Waals surface area (Å²) in [5, 5.41) is 0. The van der Waals surface area contributed by atoms with E-state index in [-0.39, 0.29) is 23.1 Å². The molecule has 0 fully saturated rings. The number of allylic oxidation sites excluding steroid dienone is 1. The van der Waals surface area contributed by atoms with E-state index in [0.29, 0.717) is 31.9 Å². The third-order valence-corrected chi connectivity index (χ3v) is 6.71. The van der Waals surface area contributed by atoms with Crippen LogP contribution in [0.3, 0.4) is 0 Å². The Balaban J connectivity index is 2.00. The van der Waals surface area contributed by atoms with Crippen molar-refractivity contribution < 1.29 is 18.7 Å². The predicted octanol–water partition coefficient (Wildman–Crippen LogP) is 4.10. The van der Waals surface area contributed by atoms with E-state index in [4.69, 9.17) is 9.47 Å². The van der Waals surface area contributed by atoms with Gasteiger partial charge >= 0.3 is 5.97 Å². The summed E-state index contributed by atoms with van der Waals surface area (Å²) in [6.45, 7) is 5.26. The van der Waals surface area contributed by atoms with Gasteiger partial charge in [-0.05, 0) is 62.7 Å². The van der Waals surface area contributed by atoms with Crippen LogP contribution in [0.1, 0.15) is 37.9 Å². The molecule has 0 unspecified atom stereocenters. The summed E-state index contributed by atoms with van der Waals surface area (Å²) in [6, 6.07) is 10.5. The zero-order valence-electron chi connectivity index (χ0n) is 19.0. The fourth-order valence-corrected chi connectivity index (χ4v) is 5.21. The molecule has 0 N–H and O–H groups in total. The van der Waals surface area contributed by atoms with Gasteiger partial charge in [0.15, 0.2) is 4.80 Å². The molecule has 0 saturated heterocycles. The fourth-order valence-electron chi connectivity index (χ4n) is 3.78. The number of esters is 1. The number of thiazole rings is 1. The van der Waals surface area contributed by atoms with Crippen molar-refractivity contribution in [3.8, 4) is 5.75 Å². The first-order valence-corrected chi connectivity index (χ1v) is 12.1. The maximum atomic E-state index is 13.6. The van der Waals surface area contributed by atoms with Gasteiger partial charge < -0.3 is 9.47 Å². The summed E-state index contributed by atoms with van der Waals surface area (Å²) >= 11 is 4.69. The van der Waals surface area contributed by atoms with Crippen molar-refractivity contribution in [2.45, 2.75) is 32.9 Å². The van der Waals surface area contributed by atoms with Gasteiger partial charge in [0.05, 0.1) is 29.0 Å². The Bertz CT molecular complexity index is 1470. The molecule has 0 spiro atoms. The van der Waals surface area contributed by atoms with E-state index >= 15 is 0 Å². The van der Waals surface area contributed by atoms with Crippen LogP contribution in [0.25, 0.3) is 6.08 Å². The van der Waals surface area contributed by atoms with E-state index in [0.717, 1.165) is 4.47 Å². The van der Waals surface area contributed by atoms with Gasteiger partial charge in [-0.2, -0.15) is 0 Å². The lowest BCUT2D eigenvalue weighted by atomic mass is 9.95. The lowest BCUT2D eigenvalue weighted by Gasteiger charge is -2.26. The van der Waals surface area contributed by atoms with E-state index in [1.807, 2.05) is 12.1 Å². The lowest BCUT2D eigenvalue weighted by Crippen LogP contribution is -2.40. The monoisotopic (exact) mass is 544 g/mol. The van der Waals surface area contributed by atoms with Crippen molar-refractivity contribution in [1.82, 2.24) is 4.57 Å². The van der Waals surface area contributed by atoms with Crippen molar-refractivity contribution in [2.75, 3.05) is 7.11 Å². The largest absolute Gasteiger partial charge is 0.496 e. The molecule has 4 rings (SSSR count). The second-order valence-corrected chi connectivity index (χ2v) is 9.90. The second kappa shape index (κ2) is 9.68. The van der Waals surface area contributed by atoms with Crippen LogP contribution in [0.15, 0.2) is 68.0 Å². The number of methoxy groups -OCH3 is 1. The van der Waals surface area contributed by atoms with Crippen LogP contribution in [0.2, 0.25) is 0 Å². The Morgan fingerprint density at radius 2 is 1.94 bits per heavy atom. The van der Waals surface area contributed by atoms with Gasteiger partial charge in [-0.1, -0.05) is 39.4 Å². The van der Waals surface area contributed by atoms with Gasteiger partial charge in [-0.25, -0.2) is 14.2 Å². The van der Waals surface area contributed by atoms with E-state index in [1.54, 1.807) is 45.0 Å². The number of carbonyl (C=O) groups is 1. The maximum Gasteiger partial charge on any atom is 0.338 e. The maximum absolute atomic E-state index is 13.6. The van der Waals surface area contributed by atoms with Crippen molar-refractivity contribution in [2.24, 2.45) is 4.99 Å². The smallest absolute Gasteiger partial charge is 0.338 e. The summed E-state index contributed by atoms with van der Waals surface area (Å²) in [7, 11) is 1.54. The first kappa shape index (κ1) is 24.1. The van der Waals surface area contributed by atoms with Crippen molar-refractivity contribution in [3.05, 3.63) is 94.8 Å². The third-order valence-electron chi connectivity index (χ3n) is 5.24. The van der Waals surface area contributed by atoms with Crippen LogP contribution in [0.4, 0.5) is 4.39 Å². The Morgan fingerprint density at radius 1 is 1.24 bits per heavy atom. The van der Waals surface area contributed by atoms with E-state index in [1.165, 1.54) is 35.1 Å². The third kappa shape index (κ3) is 4.63. The molecule has 6 nitrogen and oxygen atoms in total. The quantitative estimate of drug-likeness (QED) is 0.453. The highest BCUT2D eigenvalue weighted by atomic mass is 79.9. The Labute approximate surface area is 207 Å². The van der Waals surface area contributed by atoms with Crippen LogP contribution in [-0.2, 0) is 9.53 Å². The Kier molecular flexibility index (Phi) is 6.86. The molecule has 34 heavy (non-hydrogen) atoms. The minimum atomic E-state index is -0.801. The molecular formula is C25H22BrFN2O4S. The Hall–Kier alpha value is -3.04. The van der Waals surface area contributed by atoms with Crippen molar-refractivity contribution in [1.29, 1.82) is 0 Å². The van der Waals surface area contributed by atoms with Crippen molar-refractivity contribution >= 4 is 39.3 Å². The predicted molar refractivity (Wildman–Crippen MR) is 132 cm³/mol. The fraction of sp³-hybridized carbons (Fsp3) is 0.240. The number of ether oxygens (including phenoxy) is 2. The molecule has 176 valence electrons. The SMILES string of the molecule is COc1ccc(Br)cc1[C@@H]1C(C(=O)OC(C)C)=C(C)N=c2s/c(=C\c3ccc(F)cc3)c(=O)n21. The van der Waals surface area contributed by atoms with Gasteiger partial charge in [0.1, 0.15) is 17.6 Å². The molecule has 0 amide bonds. The summed E-state index contributed by atoms with van der Waals surface area (Å²) in [6.07, 6.45) is 1.34. The average Bonchev–Trinajstić information content (AvgIpc) is 3.08. The molecule has 1 aliphatic heterocycles. The van der Waals surface area contributed by atoms with Crippen LogP contribution in [-0.4, -0.2) is 23.8 Å². The van der Waals surface area contributed by atoms with Crippen molar-refractivity contribution in [3.63, 3.8) is 0 Å². The molecule has 2 aromatic carbocycles. The number of hydrogen-bond acceptors (Lipinski definition) is 6. The van der Waals surface area contributed by atoms with E-state index in [2.05, 4.69) is 20.9 Å². The van der Waals surface area contributed by atoms with E-state index in [9.17, 15) is 14.0 Å². The number of aromatic nitrogens is 1. The zero-order chi connectivity index (χ0) is 24.6. The number of rotatable bonds is 5. The van der Waals surface area contributed by atoms with Crippen LogP contribution in [0.5, 0.6) is 5.75 Å². The van der Waals surface area contributed by atoms with Crippen LogP contribution >= 0.6 is 27.3 Å². The number of benzene rings is 2. The minimum absolute atomic E-state index is 0.269. The normalized spacial score (nSPS) is 15.9. The first-order chi connectivity index (χ1) is 16.2. The molecule has 9 heteroatoms. The summed E-state index contributed by atoms with van der Waals surface area (Å²) in [5.41, 5.74) is 1.72. The molecule has 0 aliphatic carbocycles. The molecule has 3 aromatic rings. The molecule has 0 bridgehead atoms. The van der Waals surface area contributed by atoms with E-state index < -0.39 is 12.0 Å². The standard InChI is InChI=1S/C25H22BrFN2O4S/c1-13(2)33-24(31)21-14(3)28-25-29(22(21)18-12-16(26)7-10-19(18)32-4)23(30)20(34-25)11-15-5-8-17(27)9-6-15/h5-13,22H,1-4H3/b20-11-/t22-/m1/s1. The highest BCUT2D eigenvalue weighted by molar-refractivity contribution is 9.10. The molecule has 0 radical (unpaired) electrons. The molecule has 2 heterocycles. The first-order valence-electron chi connectivity index (χ1n) is 10.5. The second-order valence-electron chi connectivity index (χ2n) is 7.97. The summed E-state index contributed by atoms with van der Waals surface area (Å²) in [5.74, 6) is -0.383. The molecular weight excluding hydrogens is 523 g/mol. The number of halogens is 2. The number of nitrogens with zero attached hydrogens (tertiary/aromatic N) is 2. The average molecular weight is 545 g/mol. The minimum Gasteiger partial charge on any atom is -0.496 e. The molecule has 1 aromatic heterocycles. The summed E-state index contributed by atoms with van der Waals surface area (Å²) in [4.78, 5) is 31.8. The molecule has 1 atom stereocenters. The van der Waals surface area contributed by atoms with Gasteiger partial charge in [-0.15, -0.1) is 0 Å². The molecule has 0 saturated carbocycles. The topological polar surface area (TPSA) is 69.9 Å². The van der Waals surface area contributed by atoms with Crippen LogP contribution in [0, 0.1) is 5.82 Å². The summed E-state index contributed by atoms with van der Waals surface area (Å²) < 4.78 is 27.1. The van der Waals surface area contributed by atoms with Gasteiger partial charge in [-0.3, -0.25) is 9.36 Å². The van der Waals surface area contributed by atoms with Crippen LogP contribution < -0.4 is 19.6 Å². The van der Waals surface area contributed by atoms with Gasteiger partial charge in [0.25, 0.3) is 5.56 Å². The van der Waals surface area contributed by atoms with Gasteiger partial charge in [0, 0.05) is 10.0 Å². The number of fused-ring (bicyclic) bond motifs is 1. The van der Waals surface area contributed by atoms with Gasteiger partial charge in [0.2, 0.25) is 0 Å². The number of hydrogen-bond donors (Lipinski definition) is 0. The zero-order valence-corrected chi connectivity index (χ0v) is 21.4.